The first-order valence-corrected chi connectivity index (χ1v) is 8.71. The summed E-state index contributed by atoms with van der Waals surface area (Å²) in [6.45, 7) is 3.70. The topological polar surface area (TPSA) is 46.3 Å². The predicted molar refractivity (Wildman–Crippen MR) is 90.3 cm³/mol. The molecule has 0 aromatic heterocycles. The Labute approximate surface area is 141 Å². The molecule has 0 radical (unpaired) electrons. The maximum Gasteiger partial charge on any atom is 0.226 e. The number of amides is 1. The number of piperidine rings is 1. The van der Waals surface area contributed by atoms with Crippen molar-refractivity contribution in [1.82, 2.24) is 4.90 Å². The number of rotatable bonds is 3. The van der Waals surface area contributed by atoms with Gasteiger partial charge in [-0.05, 0) is 61.8 Å². The minimum Gasteiger partial charge on any atom is -0.342 e. The summed E-state index contributed by atoms with van der Waals surface area (Å²) in [6, 6.07) is 5.72. The molecule has 5 heteroatoms. The van der Waals surface area contributed by atoms with Gasteiger partial charge in [0.05, 0.1) is 0 Å². The molecule has 3 nitrogen and oxygen atoms in total. The Morgan fingerprint density at radius 2 is 2.00 bits per heavy atom. The Hall–Kier alpha value is -0.770. The van der Waals surface area contributed by atoms with Gasteiger partial charge < -0.3 is 10.6 Å². The highest BCUT2D eigenvalue weighted by Crippen LogP contribution is 2.49. The Morgan fingerprint density at radius 1 is 1.32 bits per heavy atom. The van der Waals surface area contributed by atoms with Gasteiger partial charge in [-0.15, -0.1) is 0 Å². The maximum atomic E-state index is 12.7. The van der Waals surface area contributed by atoms with Crippen molar-refractivity contribution in [1.29, 1.82) is 0 Å². The average Bonchev–Trinajstić information content (AvgIpc) is 3.26. The van der Waals surface area contributed by atoms with Gasteiger partial charge in [0.2, 0.25) is 5.91 Å². The predicted octanol–water partition coefficient (Wildman–Crippen LogP) is 3.68. The highest BCUT2D eigenvalue weighted by atomic mass is 35.5. The van der Waals surface area contributed by atoms with Crippen molar-refractivity contribution < 1.29 is 4.79 Å². The lowest BCUT2D eigenvalue weighted by molar-refractivity contribution is -0.134. The molecule has 1 aliphatic carbocycles. The van der Waals surface area contributed by atoms with Gasteiger partial charge in [0.25, 0.3) is 0 Å². The second-order valence-corrected chi connectivity index (χ2v) is 7.57. The lowest BCUT2D eigenvalue weighted by Gasteiger charge is -2.34. The molecule has 4 unspecified atom stereocenters. The molecule has 1 heterocycles. The van der Waals surface area contributed by atoms with E-state index in [1.54, 1.807) is 6.07 Å². The van der Waals surface area contributed by atoms with Crippen molar-refractivity contribution >= 4 is 29.1 Å². The number of hydrogen-bond donors (Lipinski definition) is 1. The number of nitrogens with two attached hydrogens (primary N) is 1. The van der Waals surface area contributed by atoms with Crippen molar-refractivity contribution in [2.24, 2.45) is 17.6 Å². The highest BCUT2D eigenvalue weighted by Gasteiger charge is 2.46. The van der Waals surface area contributed by atoms with Crippen LogP contribution in [0.25, 0.3) is 0 Å². The molecule has 120 valence electrons. The van der Waals surface area contributed by atoms with E-state index in [0.29, 0.717) is 16.0 Å². The molecule has 1 amide bonds. The van der Waals surface area contributed by atoms with Crippen LogP contribution in [0.5, 0.6) is 0 Å². The second kappa shape index (κ2) is 6.38. The molecule has 1 aromatic rings. The maximum absolute atomic E-state index is 12.7. The first-order valence-electron chi connectivity index (χ1n) is 7.96. The third-order valence-electron chi connectivity index (χ3n) is 4.93. The quantitative estimate of drug-likeness (QED) is 0.912. The van der Waals surface area contributed by atoms with Gasteiger partial charge in [0.15, 0.2) is 0 Å². The van der Waals surface area contributed by atoms with Crippen LogP contribution in [0.15, 0.2) is 18.2 Å². The zero-order valence-corrected chi connectivity index (χ0v) is 14.3. The molecule has 22 heavy (non-hydrogen) atoms. The monoisotopic (exact) mass is 340 g/mol. The molecule has 0 spiro atoms. The molecule has 2 N–H and O–H groups in total. The van der Waals surface area contributed by atoms with Crippen molar-refractivity contribution in [3.63, 3.8) is 0 Å². The van der Waals surface area contributed by atoms with E-state index < -0.39 is 0 Å². The summed E-state index contributed by atoms with van der Waals surface area (Å²) in [5.74, 6) is 1.04. The summed E-state index contributed by atoms with van der Waals surface area (Å²) in [7, 11) is 0. The molecular weight excluding hydrogens is 319 g/mol. The minimum absolute atomic E-state index is 0.0846. The molecule has 0 bridgehead atoms. The second-order valence-electron chi connectivity index (χ2n) is 6.70. The summed E-state index contributed by atoms with van der Waals surface area (Å²) in [4.78, 5) is 14.7. The van der Waals surface area contributed by atoms with E-state index in [1.165, 1.54) is 0 Å². The molecule has 1 aromatic carbocycles. The zero-order chi connectivity index (χ0) is 15.9. The van der Waals surface area contributed by atoms with Gasteiger partial charge in [-0.2, -0.15) is 0 Å². The van der Waals surface area contributed by atoms with Crippen molar-refractivity contribution in [3.05, 3.63) is 33.8 Å². The van der Waals surface area contributed by atoms with E-state index in [-0.39, 0.29) is 23.8 Å². The molecule has 1 aliphatic heterocycles. The normalized spacial score (nSPS) is 29.3. The fourth-order valence-corrected chi connectivity index (χ4v) is 4.04. The molecule has 2 aliphatic rings. The number of halogens is 2. The van der Waals surface area contributed by atoms with E-state index in [9.17, 15) is 4.79 Å². The first kappa shape index (κ1) is 16.1. The van der Waals surface area contributed by atoms with Crippen molar-refractivity contribution in [2.45, 2.75) is 38.1 Å². The largest absolute Gasteiger partial charge is 0.342 e. The summed E-state index contributed by atoms with van der Waals surface area (Å²) < 4.78 is 0. The van der Waals surface area contributed by atoms with Gasteiger partial charge in [-0.3, -0.25) is 4.79 Å². The third kappa shape index (κ3) is 3.42. The highest BCUT2D eigenvalue weighted by molar-refractivity contribution is 6.34. The Kier molecular flexibility index (Phi) is 4.67. The van der Waals surface area contributed by atoms with E-state index in [1.807, 2.05) is 24.0 Å². The van der Waals surface area contributed by atoms with Crippen LogP contribution in [0.1, 0.15) is 37.7 Å². The van der Waals surface area contributed by atoms with Crippen LogP contribution in [0.3, 0.4) is 0 Å². The third-order valence-corrected chi connectivity index (χ3v) is 5.37. The van der Waals surface area contributed by atoms with Crippen LogP contribution in [0.4, 0.5) is 0 Å². The van der Waals surface area contributed by atoms with E-state index >= 15 is 0 Å². The van der Waals surface area contributed by atoms with Crippen molar-refractivity contribution in [2.75, 3.05) is 13.1 Å². The number of nitrogens with zero attached hydrogens (tertiary/aromatic N) is 1. The number of hydrogen-bond acceptors (Lipinski definition) is 2. The zero-order valence-electron chi connectivity index (χ0n) is 12.8. The number of carbonyl (C=O) groups excluding carboxylic acids is 1. The Morgan fingerprint density at radius 3 is 2.64 bits per heavy atom. The first-order chi connectivity index (χ1) is 10.5. The van der Waals surface area contributed by atoms with Gasteiger partial charge in [0, 0.05) is 35.1 Å². The molecule has 1 saturated carbocycles. The lowest BCUT2D eigenvalue weighted by Crippen LogP contribution is -2.45. The van der Waals surface area contributed by atoms with Crippen LogP contribution in [0.2, 0.25) is 10.0 Å². The number of benzene rings is 1. The van der Waals surface area contributed by atoms with Crippen LogP contribution in [0, 0.1) is 11.8 Å². The van der Waals surface area contributed by atoms with Crippen molar-refractivity contribution in [3.8, 4) is 0 Å². The molecule has 3 rings (SSSR count). The number of carbonyl (C=O) groups is 1. The standard InChI is InChI=1S/C17H22Cl2N2O/c1-10(20)11-3-2-4-21(9-11)17(22)16-8-15(16)12-5-13(18)7-14(19)6-12/h5-7,10-11,15-16H,2-4,8-9,20H2,1H3. The molecular formula is C17H22Cl2N2O. The van der Waals surface area contributed by atoms with E-state index in [4.69, 9.17) is 28.9 Å². The smallest absolute Gasteiger partial charge is 0.226 e. The van der Waals surface area contributed by atoms with Crippen LogP contribution >= 0.6 is 23.2 Å². The fourth-order valence-electron chi connectivity index (χ4n) is 3.50. The SMILES string of the molecule is CC(N)C1CCCN(C(=O)C2CC2c2cc(Cl)cc(Cl)c2)C1. The van der Waals surface area contributed by atoms with Gasteiger partial charge in [0.1, 0.15) is 0 Å². The minimum atomic E-state index is 0.0846. The fraction of sp³-hybridized carbons (Fsp3) is 0.588. The van der Waals surface area contributed by atoms with Crippen LogP contribution in [-0.2, 0) is 4.79 Å². The Balaban J connectivity index is 1.65. The van der Waals surface area contributed by atoms with Crippen LogP contribution in [-0.4, -0.2) is 29.9 Å². The number of likely N-dealkylation sites (tertiary alicyclic amines) is 1. The Bertz CT molecular complexity index is 556. The molecule has 1 saturated heterocycles. The summed E-state index contributed by atoms with van der Waals surface area (Å²) in [5, 5.41) is 1.27. The van der Waals surface area contributed by atoms with Gasteiger partial charge in [-0.1, -0.05) is 23.2 Å². The summed E-state index contributed by atoms with van der Waals surface area (Å²) in [6.07, 6.45) is 3.08. The lowest BCUT2D eigenvalue weighted by atomic mass is 9.92. The molecule has 4 atom stereocenters. The van der Waals surface area contributed by atoms with Gasteiger partial charge >= 0.3 is 0 Å². The summed E-state index contributed by atoms with van der Waals surface area (Å²) in [5.41, 5.74) is 7.09. The van der Waals surface area contributed by atoms with E-state index in [2.05, 4.69) is 0 Å². The van der Waals surface area contributed by atoms with Gasteiger partial charge in [-0.25, -0.2) is 0 Å². The average molecular weight is 341 g/mol. The van der Waals surface area contributed by atoms with E-state index in [0.717, 1.165) is 37.9 Å². The molecule has 2 fully saturated rings. The van der Waals surface area contributed by atoms with Crippen LogP contribution < -0.4 is 5.73 Å². The summed E-state index contributed by atoms with van der Waals surface area (Å²) >= 11 is 12.1.